The van der Waals surface area contributed by atoms with Crippen molar-refractivity contribution in [2.45, 2.75) is 25.9 Å². The second-order valence-electron chi connectivity index (χ2n) is 3.36. The van der Waals surface area contributed by atoms with Gasteiger partial charge in [0.05, 0.1) is 19.3 Å². The van der Waals surface area contributed by atoms with Crippen LogP contribution < -0.4 is 0 Å². The number of rotatable bonds is 4. The zero-order chi connectivity index (χ0) is 8.81. The molecule has 1 fully saturated rings. The molecule has 1 N–H and O–H groups in total. The van der Waals surface area contributed by atoms with Crippen molar-refractivity contribution < 1.29 is 9.84 Å². The summed E-state index contributed by atoms with van der Waals surface area (Å²) in [7, 11) is 0. The van der Waals surface area contributed by atoms with E-state index in [1.54, 1.807) is 0 Å². The van der Waals surface area contributed by atoms with E-state index >= 15 is 0 Å². The summed E-state index contributed by atoms with van der Waals surface area (Å²) >= 11 is 0. The minimum absolute atomic E-state index is 0.145. The quantitative estimate of drug-likeness (QED) is 0.671. The molecule has 0 spiro atoms. The van der Waals surface area contributed by atoms with Crippen LogP contribution in [0, 0.1) is 0 Å². The summed E-state index contributed by atoms with van der Waals surface area (Å²) < 4.78 is 5.22. The van der Waals surface area contributed by atoms with Gasteiger partial charge in [0.15, 0.2) is 0 Å². The molecule has 0 bridgehead atoms. The van der Waals surface area contributed by atoms with Crippen molar-refractivity contribution in [1.29, 1.82) is 0 Å². The van der Waals surface area contributed by atoms with Crippen molar-refractivity contribution in [1.82, 2.24) is 4.90 Å². The maximum Gasteiger partial charge on any atom is 0.0667 e. The molecule has 0 aromatic carbocycles. The van der Waals surface area contributed by atoms with Gasteiger partial charge in [-0.25, -0.2) is 0 Å². The second kappa shape index (κ2) is 5.51. The molecule has 3 nitrogen and oxygen atoms in total. The first kappa shape index (κ1) is 9.96. The molecule has 1 aliphatic heterocycles. The SMILES string of the molecule is CCCC(O)CN1CCOCC1. The Labute approximate surface area is 74.3 Å². The number of hydrogen-bond acceptors (Lipinski definition) is 3. The Morgan fingerprint density at radius 2 is 2.08 bits per heavy atom. The molecule has 0 aromatic heterocycles. The van der Waals surface area contributed by atoms with E-state index in [2.05, 4.69) is 11.8 Å². The van der Waals surface area contributed by atoms with Crippen LogP contribution in [-0.2, 0) is 4.74 Å². The predicted octanol–water partition coefficient (Wildman–Crippen LogP) is 0.480. The Balaban J connectivity index is 2.11. The zero-order valence-corrected chi connectivity index (χ0v) is 7.83. The van der Waals surface area contributed by atoms with Crippen LogP contribution in [0.15, 0.2) is 0 Å². The molecule has 1 saturated heterocycles. The highest BCUT2D eigenvalue weighted by Crippen LogP contribution is 2.02. The standard InChI is InChI=1S/C9H19NO2/c1-2-3-9(11)8-10-4-6-12-7-5-10/h9,11H,2-8H2,1H3. The van der Waals surface area contributed by atoms with E-state index in [1.807, 2.05) is 0 Å². The van der Waals surface area contributed by atoms with Crippen LogP contribution >= 0.6 is 0 Å². The summed E-state index contributed by atoms with van der Waals surface area (Å²) in [5.41, 5.74) is 0. The molecule has 1 heterocycles. The van der Waals surface area contributed by atoms with Gasteiger partial charge in [-0.1, -0.05) is 13.3 Å². The summed E-state index contributed by atoms with van der Waals surface area (Å²) in [6, 6.07) is 0. The summed E-state index contributed by atoms with van der Waals surface area (Å²) in [5, 5.41) is 9.52. The number of nitrogens with zero attached hydrogens (tertiary/aromatic N) is 1. The Kier molecular flexibility index (Phi) is 4.58. The molecule has 1 atom stereocenters. The maximum atomic E-state index is 9.52. The Morgan fingerprint density at radius 3 is 2.67 bits per heavy atom. The first-order valence-corrected chi connectivity index (χ1v) is 4.81. The average molecular weight is 173 g/mol. The molecule has 0 aliphatic carbocycles. The third kappa shape index (κ3) is 3.52. The molecule has 1 unspecified atom stereocenters. The fraction of sp³-hybridized carbons (Fsp3) is 1.00. The number of ether oxygens (including phenoxy) is 1. The fourth-order valence-corrected chi connectivity index (χ4v) is 1.51. The van der Waals surface area contributed by atoms with Crippen LogP contribution in [0.1, 0.15) is 19.8 Å². The van der Waals surface area contributed by atoms with Gasteiger partial charge in [-0.15, -0.1) is 0 Å². The molecule has 0 amide bonds. The largest absolute Gasteiger partial charge is 0.392 e. The van der Waals surface area contributed by atoms with Crippen molar-refractivity contribution in [3.63, 3.8) is 0 Å². The van der Waals surface area contributed by atoms with Crippen molar-refractivity contribution in [3.8, 4) is 0 Å². The van der Waals surface area contributed by atoms with Gasteiger partial charge in [0.2, 0.25) is 0 Å². The number of aliphatic hydroxyl groups excluding tert-OH is 1. The summed E-state index contributed by atoms with van der Waals surface area (Å²) in [5.74, 6) is 0. The van der Waals surface area contributed by atoms with Crippen LogP contribution in [0.25, 0.3) is 0 Å². The lowest BCUT2D eigenvalue weighted by Crippen LogP contribution is -2.40. The molecule has 72 valence electrons. The highest BCUT2D eigenvalue weighted by Gasteiger charge is 2.13. The fourth-order valence-electron chi connectivity index (χ4n) is 1.51. The zero-order valence-electron chi connectivity index (χ0n) is 7.83. The second-order valence-corrected chi connectivity index (χ2v) is 3.36. The van der Waals surface area contributed by atoms with Gasteiger partial charge in [-0.2, -0.15) is 0 Å². The third-order valence-corrected chi connectivity index (χ3v) is 2.19. The van der Waals surface area contributed by atoms with E-state index in [4.69, 9.17) is 4.74 Å². The van der Waals surface area contributed by atoms with Crippen LogP contribution in [0.4, 0.5) is 0 Å². The molecule has 3 heteroatoms. The molecule has 0 radical (unpaired) electrons. The van der Waals surface area contributed by atoms with Crippen molar-refractivity contribution in [3.05, 3.63) is 0 Å². The Bertz CT molecular complexity index is 113. The molecule has 0 saturated carbocycles. The minimum atomic E-state index is -0.145. The number of morpholine rings is 1. The number of hydrogen-bond donors (Lipinski definition) is 1. The molecule has 1 rings (SSSR count). The van der Waals surface area contributed by atoms with Gasteiger partial charge >= 0.3 is 0 Å². The van der Waals surface area contributed by atoms with Crippen LogP contribution in [0.5, 0.6) is 0 Å². The first-order valence-electron chi connectivity index (χ1n) is 4.81. The smallest absolute Gasteiger partial charge is 0.0667 e. The van der Waals surface area contributed by atoms with E-state index in [1.165, 1.54) is 0 Å². The maximum absolute atomic E-state index is 9.52. The Morgan fingerprint density at radius 1 is 1.42 bits per heavy atom. The summed E-state index contributed by atoms with van der Waals surface area (Å²) in [4.78, 5) is 2.27. The minimum Gasteiger partial charge on any atom is -0.392 e. The third-order valence-electron chi connectivity index (χ3n) is 2.19. The van der Waals surface area contributed by atoms with E-state index in [-0.39, 0.29) is 6.10 Å². The average Bonchev–Trinajstić information content (AvgIpc) is 2.06. The van der Waals surface area contributed by atoms with E-state index in [0.29, 0.717) is 0 Å². The van der Waals surface area contributed by atoms with Crippen LogP contribution in [0.2, 0.25) is 0 Å². The van der Waals surface area contributed by atoms with Gasteiger partial charge in [0.25, 0.3) is 0 Å². The highest BCUT2D eigenvalue weighted by atomic mass is 16.5. The molecule has 1 aliphatic rings. The first-order chi connectivity index (χ1) is 5.83. The summed E-state index contributed by atoms with van der Waals surface area (Å²) in [6.45, 7) is 6.50. The number of aliphatic hydroxyl groups is 1. The van der Waals surface area contributed by atoms with Crippen molar-refractivity contribution >= 4 is 0 Å². The predicted molar refractivity (Wildman–Crippen MR) is 48.2 cm³/mol. The van der Waals surface area contributed by atoms with E-state index in [0.717, 1.165) is 45.7 Å². The molecular formula is C9H19NO2. The van der Waals surface area contributed by atoms with Crippen molar-refractivity contribution in [2.24, 2.45) is 0 Å². The lowest BCUT2D eigenvalue weighted by atomic mass is 10.2. The van der Waals surface area contributed by atoms with Crippen LogP contribution in [0.3, 0.4) is 0 Å². The lowest BCUT2D eigenvalue weighted by Gasteiger charge is -2.28. The topological polar surface area (TPSA) is 32.7 Å². The van der Waals surface area contributed by atoms with E-state index < -0.39 is 0 Å². The highest BCUT2D eigenvalue weighted by molar-refractivity contribution is 4.66. The molecular weight excluding hydrogens is 154 g/mol. The van der Waals surface area contributed by atoms with Crippen LogP contribution in [-0.4, -0.2) is 49.0 Å². The molecule has 12 heavy (non-hydrogen) atoms. The van der Waals surface area contributed by atoms with Gasteiger partial charge in [0, 0.05) is 19.6 Å². The lowest BCUT2D eigenvalue weighted by molar-refractivity contribution is 0.0131. The van der Waals surface area contributed by atoms with Gasteiger partial charge in [-0.05, 0) is 6.42 Å². The number of β-amino-alcohol motifs (C(OH)–C–C–N with tert-alkyl or cyclic N) is 1. The molecule has 0 aromatic rings. The van der Waals surface area contributed by atoms with Gasteiger partial charge < -0.3 is 9.84 Å². The monoisotopic (exact) mass is 173 g/mol. The Hall–Kier alpha value is -0.120. The van der Waals surface area contributed by atoms with Crippen molar-refractivity contribution in [2.75, 3.05) is 32.8 Å². The van der Waals surface area contributed by atoms with Gasteiger partial charge in [0.1, 0.15) is 0 Å². The van der Waals surface area contributed by atoms with Gasteiger partial charge in [-0.3, -0.25) is 4.90 Å². The summed E-state index contributed by atoms with van der Waals surface area (Å²) in [6.07, 6.45) is 1.83. The van der Waals surface area contributed by atoms with E-state index in [9.17, 15) is 5.11 Å². The normalized spacial score (nSPS) is 22.5.